The van der Waals surface area contributed by atoms with E-state index in [1.807, 2.05) is 53.2 Å². The Morgan fingerprint density at radius 2 is 2.03 bits per heavy atom. The van der Waals surface area contributed by atoms with Crippen molar-refractivity contribution >= 4 is 16.9 Å². The monoisotopic (exact) mass is 445 g/mol. The third kappa shape index (κ3) is 3.82. The molecule has 1 aliphatic rings. The van der Waals surface area contributed by atoms with E-state index in [9.17, 15) is 4.79 Å². The molecular weight excluding hydrogens is 418 g/mol. The van der Waals surface area contributed by atoms with Crippen molar-refractivity contribution in [2.45, 2.75) is 25.4 Å². The van der Waals surface area contributed by atoms with Crippen LogP contribution in [0.15, 0.2) is 55.0 Å². The smallest absolute Gasteiger partial charge is 0.256 e. The number of carbonyl (C=O) groups is 1. The number of benzene rings is 1. The summed E-state index contributed by atoms with van der Waals surface area (Å²) < 4.78 is 14.7. The lowest BCUT2D eigenvalue weighted by Crippen LogP contribution is -2.31. The number of nitrogens with zero attached hydrogens (tertiary/aromatic N) is 5. The van der Waals surface area contributed by atoms with Gasteiger partial charge in [-0.05, 0) is 43.2 Å². The van der Waals surface area contributed by atoms with Crippen LogP contribution in [-0.4, -0.2) is 50.9 Å². The average Bonchev–Trinajstić information content (AvgIpc) is 3.58. The Morgan fingerprint density at radius 1 is 1.15 bits per heavy atom. The normalized spacial score (nSPS) is 15.8. The van der Waals surface area contributed by atoms with Gasteiger partial charge in [0.15, 0.2) is 5.65 Å². The number of carbonyl (C=O) groups excluding carboxylic acids is 1. The van der Waals surface area contributed by atoms with Gasteiger partial charge in [-0.3, -0.25) is 4.79 Å². The van der Waals surface area contributed by atoms with Crippen LogP contribution in [0.25, 0.3) is 11.0 Å². The van der Waals surface area contributed by atoms with Gasteiger partial charge in [-0.15, -0.1) is 0 Å². The second-order valence-corrected chi connectivity index (χ2v) is 8.32. The fraction of sp³-hybridized carbons (Fsp3) is 0.320. The lowest BCUT2D eigenvalue weighted by Gasteiger charge is -2.25. The number of methoxy groups -OCH3 is 2. The van der Waals surface area contributed by atoms with E-state index >= 15 is 0 Å². The van der Waals surface area contributed by atoms with E-state index in [2.05, 4.69) is 20.7 Å². The Labute approximate surface area is 192 Å². The minimum atomic E-state index is 0.0117. The molecule has 170 valence electrons. The number of aromatic nitrogens is 4. The zero-order valence-electron chi connectivity index (χ0n) is 19.1. The van der Waals surface area contributed by atoms with Gasteiger partial charge in [-0.25, -0.2) is 9.67 Å². The van der Waals surface area contributed by atoms with Crippen molar-refractivity contribution in [1.82, 2.24) is 24.2 Å². The van der Waals surface area contributed by atoms with Crippen molar-refractivity contribution in [3.05, 3.63) is 71.8 Å². The van der Waals surface area contributed by atoms with E-state index in [0.717, 1.165) is 53.2 Å². The van der Waals surface area contributed by atoms with Crippen LogP contribution in [-0.2, 0) is 13.6 Å². The Morgan fingerprint density at radius 3 is 2.79 bits per heavy atom. The molecule has 0 bridgehead atoms. The van der Waals surface area contributed by atoms with E-state index in [-0.39, 0.29) is 11.9 Å². The van der Waals surface area contributed by atoms with Crippen LogP contribution in [0, 0.1) is 0 Å². The van der Waals surface area contributed by atoms with E-state index < -0.39 is 0 Å². The maximum absolute atomic E-state index is 13.4. The van der Waals surface area contributed by atoms with Gasteiger partial charge < -0.3 is 18.9 Å². The van der Waals surface area contributed by atoms with E-state index in [0.29, 0.717) is 12.1 Å². The van der Waals surface area contributed by atoms with Crippen LogP contribution >= 0.6 is 0 Å². The molecule has 0 aliphatic carbocycles. The first kappa shape index (κ1) is 21.1. The first-order valence-electron chi connectivity index (χ1n) is 11.0. The predicted molar refractivity (Wildman–Crippen MR) is 125 cm³/mol. The third-order valence-corrected chi connectivity index (χ3v) is 6.38. The molecule has 1 saturated heterocycles. The van der Waals surface area contributed by atoms with Crippen molar-refractivity contribution in [2.75, 3.05) is 20.8 Å². The van der Waals surface area contributed by atoms with Gasteiger partial charge in [0, 0.05) is 48.7 Å². The molecule has 1 fully saturated rings. The number of fused-ring (bicyclic) bond motifs is 1. The minimum absolute atomic E-state index is 0.0117. The first-order chi connectivity index (χ1) is 16.1. The molecule has 1 unspecified atom stereocenters. The third-order valence-electron chi connectivity index (χ3n) is 6.38. The van der Waals surface area contributed by atoms with Gasteiger partial charge in [0.1, 0.15) is 11.5 Å². The van der Waals surface area contributed by atoms with E-state index in [1.165, 1.54) is 0 Å². The summed E-state index contributed by atoms with van der Waals surface area (Å²) in [5.41, 5.74) is 3.44. The molecule has 4 aromatic rings. The zero-order chi connectivity index (χ0) is 22.9. The van der Waals surface area contributed by atoms with Crippen molar-refractivity contribution in [2.24, 2.45) is 7.05 Å². The van der Waals surface area contributed by atoms with Crippen LogP contribution in [0.1, 0.15) is 40.5 Å². The zero-order valence-corrected chi connectivity index (χ0v) is 19.1. The van der Waals surface area contributed by atoms with Crippen molar-refractivity contribution < 1.29 is 14.3 Å². The molecule has 8 nitrogen and oxygen atoms in total. The van der Waals surface area contributed by atoms with Gasteiger partial charge in [0.2, 0.25) is 0 Å². The summed E-state index contributed by atoms with van der Waals surface area (Å²) in [7, 11) is 5.29. The van der Waals surface area contributed by atoms with E-state index in [1.54, 1.807) is 26.6 Å². The second kappa shape index (κ2) is 8.61. The van der Waals surface area contributed by atoms with Gasteiger partial charge in [0.05, 0.1) is 38.6 Å². The number of likely N-dealkylation sites (tertiary alicyclic amines) is 1. The topological polar surface area (TPSA) is 74.4 Å². The van der Waals surface area contributed by atoms with Crippen LogP contribution in [0.2, 0.25) is 0 Å². The summed E-state index contributed by atoms with van der Waals surface area (Å²) in [6, 6.07) is 11.8. The Bertz CT molecular complexity index is 1310. The Hall–Kier alpha value is -3.81. The number of rotatable bonds is 6. The fourth-order valence-corrected chi connectivity index (χ4v) is 4.65. The summed E-state index contributed by atoms with van der Waals surface area (Å²) >= 11 is 0. The van der Waals surface area contributed by atoms with Crippen LogP contribution in [0.5, 0.6) is 11.5 Å². The highest BCUT2D eigenvalue weighted by atomic mass is 16.5. The molecule has 0 spiro atoms. The summed E-state index contributed by atoms with van der Waals surface area (Å²) in [6.07, 6.45) is 7.41. The number of aryl methyl sites for hydroxylation is 1. The quantitative estimate of drug-likeness (QED) is 0.451. The van der Waals surface area contributed by atoms with Gasteiger partial charge in [-0.1, -0.05) is 0 Å². The molecule has 0 saturated carbocycles. The van der Waals surface area contributed by atoms with Crippen LogP contribution in [0.3, 0.4) is 0 Å². The highest BCUT2D eigenvalue weighted by Gasteiger charge is 2.32. The van der Waals surface area contributed by atoms with Crippen molar-refractivity contribution in [3.8, 4) is 11.5 Å². The largest absolute Gasteiger partial charge is 0.497 e. The molecule has 1 amide bonds. The van der Waals surface area contributed by atoms with E-state index in [4.69, 9.17) is 9.47 Å². The highest BCUT2D eigenvalue weighted by Crippen LogP contribution is 2.33. The summed E-state index contributed by atoms with van der Waals surface area (Å²) in [5.74, 6) is 1.47. The Balaban J connectivity index is 1.40. The lowest BCUT2D eigenvalue weighted by atomic mass is 10.1. The highest BCUT2D eigenvalue weighted by molar-refractivity contribution is 5.97. The summed E-state index contributed by atoms with van der Waals surface area (Å²) in [4.78, 5) is 19.9. The molecule has 5 rings (SSSR count). The molecular formula is C25H27N5O3. The molecule has 0 N–H and O–H groups in total. The first-order valence-corrected chi connectivity index (χ1v) is 11.0. The maximum atomic E-state index is 13.4. The van der Waals surface area contributed by atoms with Gasteiger partial charge in [0.25, 0.3) is 5.91 Å². The molecule has 1 aliphatic heterocycles. The lowest BCUT2D eigenvalue weighted by molar-refractivity contribution is 0.0731. The maximum Gasteiger partial charge on any atom is 0.256 e. The van der Waals surface area contributed by atoms with Gasteiger partial charge in [-0.2, -0.15) is 5.10 Å². The Kier molecular flexibility index (Phi) is 5.50. The second-order valence-electron chi connectivity index (χ2n) is 8.32. The average molecular weight is 446 g/mol. The number of amides is 1. The number of hydrogen-bond donors (Lipinski definition) is 0. The van der Waals surface area contributed by atoms with Crippen LogP contribution in [0.4, 0.5) is 0 Å². The molecule has 8 heteroatoms. The standard InChI is InChI=1S/C25H27N5O3/c1-28-10-4-6-21(28)22-7-5-11-29(22)25(31)19-12-18-15-27-30(24(18)26-14-19)16-17-8-9-20(32-2)13-23(17)33-3/h4,6,8-10,12-15,22H,5,7,11,16H2,1-3H3. The van der Waals surface area contributed by atoms with Crippen molar-refractivity contribution in [1.29, 1.82) is 0 Å². The molecule has 1 aromatic carbocycles. The summed E-state index contributed by atoms with van der Waals surface area (Å²) in [5, 5.41) is 5.35. The van der Waals surface area contributed by atoms with Crippen molar-refractivity contribution in [3.63, 3.8) is 0 Å². The number of hydrogen-bond acceptors (Lipinski definition) is 5. The number of ether oxygens (including phenoxy) is 2. The number of pyridine rings is 1. The minimum Gasteiger partial charge on any atom is -0.497 e. The predicted octanol–water partition coefficient (Wildman–Crippen LogP) is 3.81. The molecule has 33 heavy (non-hydrogen) atoms. The SMILES string of the molecule is COc1ccc(Cn2ncc3cc(C(=O)N4CCCC4c4cccn4C)cnc32)c(OC)c1. The summed E-state index contributed by atoms with van der Waals surface area (Å²) in [6.45, 7) is 1.25. The molecule has 3 aromatic heterocycles. The molecule has 1 atom stereocenters. The fourth-order valence-electron chi connectivity index (χ4n) is 4.65. The van der Waals surface area contributed by atoms with Crippen LogP contribution < -0.4 is 9.47 Å². The molecule has 4 heterocycles. The molecule has 0 radical (unpaired) electrons. The van der Waals surface area contributed by atoms with Gasteiger partial charge >= 0.3 is 0 Å².